The number of thiocarbonyl (C=S) groups is 1. The summed E-state index contributed by atoms with van der Waals surface area (Å²) in [7, 11) is 1.31. The lowest BCUT2D eigenvalue weighted by molar-refractivity contribution is 0.0600. The second-order valence-electron chi connectivity index (χ2n) is 9.47. The van der Waals surface area contributed by atoms with Crippen molar-refractivity contribution in [1.29, 1.82) is 0 Å². The SMILES string of the molecule is COC(=O)c1ccc(N2CCN(C(=O)c3ccccc3)CC2)c(NC(=S)NC(=O)c2ccc(OC(C)C)cc2)c1. The number of amides is 2. The van der Waals surface area contributed by atoms with E-state index in [2.05, 4.69) is 15.5 Å². The van der Waals surface area contributed by atoms with Gasteiger partial charge in [-0.3, -0.25) is 14.9 Å². The highest BCUT2D eigenvalue weighted by molar-refractivity contribution is 7.80. The molecule has 0 unspecified atom stereocenters. The Morgan fingerprint density at radius 1 is 0.850 bits per heavy atom. The highest BCUT2D eigenvalue weighted by Crippen LogP contribution is 2.29. The molecule has 0 saturated carbocycles. The smallest absolute Gasteiger partial charge is 0.337 e. The van der Waals surface area contributed by atoms with Crippen molar-refractivity contribution >= 4 is 46.5 Å². The molecular formula is C30H32N4O5S. The molecule has 2 amide bonds. The number of anilines is 2. The van der Waals surface area contributed by atoms with Gasteiger partial charge in [-0.05, 0) is 80.7 Å². The summed E-state index contributed by atoms with van der Waals surface area (Å²) >= 11 is 5.45. The van der Waals surface area contributed by atoms with Gasteiger partial charge in [-0.1, -0.05) is 18.2 Å². The fourth-order valence-corrected chi connectivity index (χ4v) is 4.56. The number of hydrogen-bond acceptors (Lipinski definition) is 7. The van der Waals surface area contributed by atoms with Gasteiger partial charge in [-0.25, -0.2) is 4.79 Å². The normalized spacial score (nSPS) is 13.0. The molecule has 208 valence electrons. The Morgan fingerprint density at radius 2 is 1.50 bits per heavy atom. The predicted octanol–water partition coefficient (Wildman–Crippen LogP) is 4.35. The molecule has 2 N–H and O–H groups in total. The predicted molar refractivity (Wildman–Crippen MR) is 158 cm³/mol. The first kappa shape index (κ1) is 28.6. The van der Waals surface area contributed by atoms with E-state index in [-0.39, 0.29) is 23.0 Å². The number of ether oxygens (including phenoxy) is 2. The van der Waals surface area contributed by atoms with E-state index in [1.807, 2.05) is 49.1 Å². The molecule has 4 rings (SSSR count). The standard InChI is InChI=1S/C30H32N4O5S/c1-20(2)39-24-12-9-21(10-13-24)27(35)32-30(40)31-25-19-23(29(37)38-3)11-14-26(25)33-15-17-34(18-16-33)28(36)22-7-5-4-6-8-22/h4-14,19-20H,15-18H2,1-3H3,(H2,31,32,35,40). The minimum atomic E-state index is -0.494. The molecule has 9 nitrogen and oxygen atoms in total. The maximum atomic E-state index is 12.9. The van der Waals surface area contributed by atoms with Gasteiger partial charge in [-0.15, -0.1) is 0 Å². The Morgan fingerprint density at radius 3 is 2.12 bits per heavy atom. The van der Waals surface area contributed by atoms with Crippen LogP contribution in [0, 0.1) is 0 Å². The first-order valence-corrected chi connectivity index (χ1v) is 13.4. The van der Waals surface area contributed by atoms with E-state index in [4.69, 9.17) is 21.7 Å². The summed E-state index contributed by atoms with van der Waals surface area (Å²) in [5, 5.41) is 5.84. The van der Waals surface area contributed by atoms with E-state index >= 15 is 0 Å². The first-order chi connectivity index (χ1) is 19.2. The molecule has 1 aliphatic heterocycles. The minimum Gasteiger partial charge on any atom is -0.491 e. The molecule has 1 aliphatic rings. The molecule has 0 bridgehead atoms. The second kappa shape index (κ2) is 13.1. The number of carbonyl (C=O) groups excluding carboxylic acids is 3. The molecule has 40 heavy (non-hydrogen) atoms. The van der Waals surface area contributed by atoms with Crippen molar-refractivity contribution in [3.63, 3.8) is 0 Å². The summed E-state index contributed by atoms with van der Waals surface area (Å²) in [6.07, 6.45) is 0.0266. The van der Waals surface area contributed by atoms with E-state index in [0.29, 0.717) is 54.3 Å². The van der Waals surface area contributed by atoms with E-state index in [1.54, 1.807) is 42.5 Å². The van der Waals surface area contributed by atoms with Gasteiger partial charge in [0.25, 0.3) is 11.8 Å². The number of rotatable bonds is 7. The van der Waals surface area contributed by atoms with Crippen molar-refractivity contribution in [3.8, 4) is 5.75 Å². The lowest BCUT2D eigenvalue weighted by atomic mass is 10.1. The van der Waals surface area contributed by atoms with Gasteiger partial charge in [0.15, 0.2) is 5.11 Å². The summed E-state index contributed by atoms with van der Waals surface area (Å²) in [6.45, 7) is 6.08. The van der Waals surface area contributed by atoms with Gasteiger partial charge in [0.1, 0.15) is 5.75 Å². The summed E-state index contributed by atoms with van der Waals surface area (Å²) in [5.41, 5.74) is 2.73. The molecule has 1 saturated heterocycles. The van der Waals surface area contributed by atoms with Crippen LogP contribution in [0.2, 0.25) is 0 Å². The van der Waals surface area contributed by atoms with Gasteiger partial charge >= 0.3 is 5.97 Å². The molecule has 1 heterocycles. The number of esters is 1. The van der Waals surface area contributed by atoms with Crippen molar-refractivity contribution in [2.75, 3.05) is 43.5 Å². The van der Waals surface area contributed by atoms with Crippen molar-refractivity contribution < 1.29 is 23.9 Å². The highest BCUT2D eigenvalue weighted by Gasteiger charge is 2.24. The minimum absolute atomic E-state index is 0.00710. The van der Waals surface area contributed by atoms with Crippen molar-refractivity contribution in [2.45, 2.75) is 20.0 Å². The van der Waals surface area contributed by atoms with Gasteiger partial charge in [-0.2, -0.15) is 0 Å². The van der Waals surface area contributed by atoms with Crippen LogP contribution >= 0.6 is 12.2 Å². The zero-order valence-electron chi connectivity index (χ0n) is 22.7. The quantitative estimate of drug-likeness (QED) is 0.325. The van der Waals surface area contributed by atoms with Gasteiger partial charge in [0.05, 0.1) is 30.2 Å². The van der Waals surface area contributed by atoms with Crippen molar-refractivity contribution in [3.05, 3.63) is 89.5 Å². The Bertz CT molecular complexity index is 1370. The molecule has 0 aliphatic carbocycles. The molecule has 10 heteroatoms. The molecule has 3 aromatic rings. The number of nitrogens with one attached hydrogen (secondary N) is 2. The third-order valence-electron chi connectivity index (χ3n) is 6.31. The van der Waals surface area contributed by atoms with Crippen LogP contribution in [0.15, 0.2) is 72.8 Å². The average Bonchev–Trinajstić information content (AvgIpc) is 2.97. The number of carbonyl (C=O) groups is 3. The van der Waals surface area contributed by atoms with Crippen LogP contribution < -0.4 is 20.3 Å². The van der Waals surface area contributed by atoms with E-state index < -0.39 is 5.97 Å². The van der Waals surface area contributed by atoms with Crippen LogP contribution in [-0.4, -0.2) is 67.2 Å². The third kappa shape index (κ3) is 7.15. The number of benzene rings is 3. The summed E-state index contributed by atoms with van der Waals surface area (Å²) in [5.74, 6) is -0.215. The van der Waals surface area contributed by atoms with Gasteiger partial charge in [0.2, 0.25) is 0 Å². The monoisotopic (exact) mass is 560 g/mol. The molecular weight excluding hydrogens is 528 g/mol. The largest absolute Gasteiger partial charge is 0.491 e. The molecule has 0 aromatic heterocycles. The van der Waals surface area contributed by atoms with E-state index in [9.17, 15) is 14.4 Å². The van der Waals surface area contributed by atoms with Crippen LogP contribution in [0.1, 0.15) is 44.9 Å². The van der Waals surface area contributed by atoms with E-state index in [1.165, 1.54) is 7.11 Å². The van der Waals surface area contributed by atoms with Crippen molar-refractivity contribution in [1.82, 2.24) is 10.2 Å². The van der Waals surface area contributed by atoms with Gasteiger partial charge in [0, 0.05) is 37.3 Å². The number of methoxy groups -OCH3 is 1. The maximum Gasteiger partial charge on any atom is 0.337 e. The van der Waals surface area contributed by atoms with Crippen LogP contribution in [0.3, 0.4) is 0 Å². The second-order valence-corrected chi connectivity index (χ2v) is 9.88. The highest BCUT2D eigenvalue weighted by atomic mass is 32.1. The summed E-state index contributed by atoms with van der Waals surface area (Å²) in [4.78, 5) is 41.8. The molecule has 3 aromatic carbocycles. The molecule has 0 spiro atoms. The Labute approximate surface area is 239 Å². The lowest BCUT2D eigenvalue weighted by Crippen LogP contribution is -2.49. The van der Waals surface area contributed by atoms with Crippen LogP contribution in [0.4, 0.5) is 11.4 Å². The Kier molecular flexibility index (Phi) is 9.34. The van der Waals surface area contributed by atoms with Crippen LogP contribution in [0.5, 0.6) is 5.75 Å². The molecule has 1 fully saturated rings. The number of nitrogens with zero attached hydrogens (tertiary/aromatic N) is 2. The number of piperazine rings is 1. The third-order valence-corrected chi connectivity index (χ3v) is 6.51. The van der Waals surface area contributed by atoms with Crippen molar-refractivity contribution in [2.24, 2.45) is 0 Å². The fraction of sp³-hybridized carbons (Fsp3) is 0.267. The fourth-order valence-electron chi connectivity index (χ4n) is 4.36. The Balaban J connectivity index is 1.45. The zero-order valence-corrected chi connectivity index (χ0v) is 23.5. The topological polar surface area (TPSA) is 100 Å². The first-order valence-electron chi connectivity index (χ1n) is 13.0. The average molecular weight is 561 g/mol. The van der Waals surface area contributed by atoms with Gasteiger partial charge < -0.3 is 24.6 Å². The van der Waals surface area contributed by atoms with E-state index in [0.717, 1.165) is 5.69 Å². The molecule has 0 atom stereocenters. The molecule has 0 radical (unpaired) electrons. The summed E-state index contributed by atoms with van der Waals surface area (Å²) < 4.78 is 10.5. The number of hydrogen-bond donors (Lipinski definition) is 2. The van der Waals surface area contributed by atoms with Crippen LogP contribution in [0.25, 0.3) is 0 Å². The Hall–Kier alpha value is -4.44. The van der Waals surface area contributed by atoms with Crippen LogP contribution in [-0.2, 0) is 4.74 Å². The summed E-state index contributed by atoms with van der Waals surface area (Å²) in [6, 6.07) is 21.1. The lowest BCUT2D eigenvalue weighted by Gasteiger charge is -2.37. The maximum absolute atomic E-state index is 12.9. The zero-order chi connectivity index (χ0) is 28.6.